The van der Waals surface area contributed by atoms with E-state index in [0.29, 0.717) is 4.90 Å². The Hall–Kier alpha value is -2.22. The van der Waals surface area contributed by atoms with Crippen LogP contribution >= 0.6 is 11.8 Å². The van der Waals surface area contributed by atoms with E-state index in [2.05, 4.69) is 33.9 Å². The van der Waals surface area contributed by atoms with Crippen molar-refractivity contribution in [3.05, 3.63) is 47.7 Å². The number of fused-ring (bicyclic) bond motifs is 3. The first-order chi connectivity index (χ1) is 11.7. The maximum absolute atomic E-state index is 12.5. The van der Waals surface area contributed by atoms with Gasteiger partial charge in [-0.2, -0.15) is 0 Å². The Labute approximate surface area is 146 Å². The molecular formula is C17H14F3N3OS. The molecule has 0 bridgehead atoms. The minimum Gasteiger partial charge on any atom is -0.406 e. The summed E-state index contributed by atoms with van der Waals surface area (Å²) in [5.74, 6) is -0.233. The molecule has 0 saturated carbocycles. The molecule has 2 aliphatic rings. The second kappa shape index (κ2) is 5.39. The van der Waals surface area contributed by atoms with Crippen LogP contribution in [-0.4, -0.2) is 16.3 Å². The van der Waals surface area contributed by atoms with E-state index in [1.54, 1.807) is 6.07 Å². The summed E-state index contributed by atoms with van der Waals surface area (Å²) in [6.07, 6.45) is -0.633. The van der Waals surface area contributed by atoms with Crippen molar-refractivity contribution in [2.75, 3.05) is 5.32 Å². The molecule has 2 heterocycles. The van der Waals surface area contributed by atoms with Crippen LogP contribution in [0.3, 0.4) is 0 Å². The topological polar surface area (TPSA) is 47.0 Å². The summed E-state index contributed by atoms with van der Waals surface area (Å²) in [4.78, 5) is 10.1. The summed E-state index contributed by atoms with van der Waals surface area (Å²) in [5.41, 5.74) is 3.53. The lowest BCUT2D eigenvalue weighted by Crippen LogP contribution is -2.28. The number of nitrogens with zero attached hydrogens (tertiary/aromatic N) is 2. The van der Waals surface area contributed by atoms with Crippen molar-refractivity contribution in [3.8, 4) is 5.75 Å². The van der Waals surface area contributed by atoms with E-state index in [0.717, 1.165) is 34.0 Å². The van der Waals surface area contributed by atoms with Gasteiger partial charge in [0.1, 0.15) is 12.1 Å². The van der Waals surface area contributed by atoms with Gasteiger partial charge in [-0.25, -0.2) is 9.97 Å². The summed E-state index contributed by atoms with van der Waals surface area (Å²) in [7, 11) is 0. The van der Waals surface area contributed by atoms with Crippen LogP contribution in [0.2, 0.25) is 0 Å². The Morgan fingerprint density at radius 3 is 2.84 bits per heavy atom. The van der Waals surface area contributed by atoms with E-state index < -0.39 is 6.36 Å². The SMILES string of the molecule is CC1(C)CC2=C(Sc3cc(OC(F)(F)F)ccc3N2)c2ncncc21. The Morgan fingerprint density at radius 1 is 1.28 bits per heavy atom. The first-order valence-corrected chi connectivity index (χ1v) is 8.43. The predicted octanol–water partition coefficient (Wildman–Crippen LogP) is 4.94. The minimum absolute atomic E-state index is 0.125. The molecule has 0 unspecified atom stereocenters. The second-order valence-electron chi connectivity index (χ2n) is 6.59. The van der Waals surface area contributed by atoms with Gasteiger partial charge in [0.15, 0.2) is 0 Å². The fourth-order valence-corrected chi connectivity index (χ4v) is 4.27. The molecule has 1 aliphatic heterocycles. The van der Waals surface area contributed by atoms with Crippen molar-refractivity contribution in [1.82, 2.24) is 9.97 Å². The Kier molecular flexibility index (Phi) is 3.50. The largest absolute Gasteiger partial charge is 0.573 e. The quantitative estimate of drug-likeness (QED) is 0.775. The molecule has 130 valence electrons. The monoisotopic (exact) mass is 365 g/mol. The third-order valence-corrected chi connectivity index (χ3v) is 5.44. The third-order valence-electron chi connectivity index (χ3n) is 4.23. The van der Waals surface area contributed by atoms with Crippen molar-refractivity contribution >= 4 is 22.4 Å². The van der Waals surface area contributed by atoms with Crippen LogP contribution in [0, 0.1) is 0 Å². The lowest BCUT2D eigenvalue weighted by molar-refractivity contribution is -0.274. The van der Waals surface area contributed by atoms with Gasteiger partial charge in [-0.05, 0) is 30.0 Å². The molecule has 0 spiro atoms. The standard InChI is InChI=1S/C17H14F3N3OS/c1-16(2)6-12-15(14-10(16)7-21-8-22-14)25-13-5-9(24-17(18,19)20)3-4-11(13)23-12/h3-5,7-8,23H,6H2,1-2H3. The van der Waals surface area contributed by atoms with Crippen LogP contribution in [0.25, 0.3) is 4.91 Å². The molecule has 0 fully saturated rings. The number of alkyl halides is 3. The molecule has 8 heteroatoms. The van der Waals surface area contributed by atoms with Crippen LogP contribution < -0.4 is 10.1 Å². The first kappa shape index (κ1) is 16.3. The van der Waals surface area contributed by atoms with Gasteiger partial charge >= 0.3 is 6.36 Å². The summed E-state index contributed by atoms with van der Waals surface area (Å²) in [6, 6.07) is 4.32. The van der Waals surface area contributed by atoms with Crippen LogP contribution in [0.5, 0.6) is 5.75 Å². The predicted molar refractivity (Wildman–Crippen MR) is 89.2 cm³/mol. The smallest absolute Gasteiger partial charge is 0.406 e. The molecule has 2 aromatic rings. The van der Waals surface area contributed by atoms with Gasteiger partial charge in [0.05, 0.1) is 16.3 Å². The van der Waals surface area contributed by atoms with Gasteiger partial charge in [0, 0.05) is 22.4 Å². The molecule has 0 atom stereocenters. The molecule has 25 heavy (non-hydrogen) atoms. The Morgan fingerprint density at radius 2 is 2.08 bits per heavy atom. The number of nitrogens with one attached hydrogen (secondary N) is 1. The fraction of sp³-hybridized carbons (Fsp3) is 0.294. The molecule has 1 aliphatic carbocycles. The number of ether oxygens (including phenoxy) is 1. The maximum Gasteiger partial charge on any atom is 0.573 e. The van der Waals surface area contributed by atoms with Crippen molar-refractivity contribution < 1.29 is 17.9 Å². The molecule has 4 rings (SSSR count). The van der Waals surface area contributed by atoms with E-state index in [9.17, 15) is 13.2 Å². The van der Waals surface area contributed by atoms with Gasteiger partial charge in [-0.3, -0.25) is 0 Å². The molecular weight excluding hydrogens is 351 g/mol. The van der Waals surface area contributed by atoms with Crippen molar-refractivity contribution in [3.63, 3.8) is 0 Å². The number of hydrogen-bond acceptors (Lipinski definition) is 5. The summed E-state index contributed by atoms with van der Waals surface area (Å²) < 4.78 is 41.4. The molecule has 0 radical (unpaired) electrons. The lowest BCUT2D eigenvalue weighted by atomic mass is 9.76. The summed E-state index contributed by atoms with van der Waals surface area (Å²) in [6.45, 7) is 4.25. The van der Waals surface area contributed by atoms with Gasteiger partial charge in [0.2, 0.25) is 0 Å². The van der Waals surface area contributed by atoms with E-state index in [1.165, 1.54) is 30.2 Å². The molecule has 1 aromatic carbocycles. The summed E-state index contributed by atoms with van der Waals surface area (Å²) in [5, 5.41) is 3.35. The normalized spacial score (nSPS) is 18.0. The minimum atomic E-state index is -4.71. The average molecular weight is 365 g/mol. The molecule has 1 aromatic heterocycles. The van der Waals surface area contributed by atoms with E-state index in [1.807, 2.05) is 6.20 Å². The number of halogens is 3. The van der Waals surface area contributed by atoms with Crippen LogP contribution in [0.1, 0.15) is 31.5 Å². The molecule has 0 saturated heterocycles. The van der Waals surface area contributed by atoms with Crippen LogP contribution in [0.4, 0.5) is 18.9 Å². The first-order valence-electron chi connectivity index (χ1n) is 7.62. The van der Waals surface area contributed by atoms with E-state index in [-0.39, 0.29) is 11.2 Å². The number of aromatic nitrogens is 2. The Bertz CT molecular complexity index is 893. The van der Waals surface area contributed by atoms with Crippen molar-refractivity contribution in [2.45, 2.75) is 36.9 Å². The number of thioether (sulfide) groups is 1. The number of rotatable bonds is 1. The molecule has 4 nitrogen and oxygen atoms in total. The number of hydrogen-bond donors (Lipinski definition) is 1. The molecule has 1 N–H and O–H groups in total. The average Bonchev–Trinajstić information content (AvgIpc) is 2.52. The zero-order chi connectivity index (χ0) is 17.8. The van der Waals surface area contributed by atoms with Gasteiger partial charge < -0.3 is 10.1 Å². The van der Waals surface area contributed by atoms with Crippen LogP contribution in [-0.2, 0) is 5.41 Å². The van der Waals surface area contributed by atoms with E-state index >= 15 is 0 Å². The lowest BCUT2D eigenvalue weighted by Gasteiger charge is -2.37. The number of anilines is 1. The van der Waals surface area contributed by atoms with Gasteiger partial charge in [0.25, 0.3) is 0 Å². The zero-order valence-corrected chi connectivity index (χ0v) is 14.3. The zero-order valence-electron chi connectivity index (χ0n) is 13.4. The highest BCUT2D eigenvalue weighted by atomic mass is 32.2. The third kappa shape index (κ3) is 2.95. The highest BCUT2D eigenvalue weighted by molar-refractivity contribution is 8.08. The number of benzene rings is 1. The second-order valence-corrected chi connectivity index (χ2v) is 7.64. The van der Waals surface area contributed by atoms with Crippen molar-refractivity contribution in [1.29, 1.82) is 0 Å². The highest BCUT2D eigenvalue weighted by Gasteiger charge is 2.37. The van der Waals surface area contributed by atoms with E-state index in [4.69, 9.17) is 0 Å². The fourth-order valence-electron chi connectivity index (χ4n) is 3.14. The maximum atomic E-state index is 12.5. The van der Waals surface area contributed by atoms with Gasteiger partial charge in [-0.15, -0.1) is 13.2 Å². The number of allylic oxidation sites excluding steroid dienone is 1. The van der Waals surface area contributed by atoms with Crippen molar-refractivity contribution in [2.24, 2.45) is 0 Å². The molecule has 0 amide bonds. The van der Waals surface area contributed by atoms with Gasteiger partial charge in [-0.1, -0.05) is 25.6 Å². The Balaban J connectivity index is 1.74. The van der Waals surface area contributed by atoms with Crippen LogP contribution in [0.15, 0.2) is 41.3 Å². The highest BCUT2D eigenvalue weighted by Crippen LogP contribution is 2.52. The summed E-state index contributed by atoms with van der Waals surface area (Å²) >= 11 is 1.40.